The van der Waals surface area contributed by atoms with Crippen LogP contribution in [0.1, 0.15) is 25.3 Å². The third kappa shape index (κ3) is 3.81. The molecule has 0 fully saturated rings. The molecule has 1 aromatic carbocycles. The van der Waals surface area contributed by atoms with Crippen LogP contribution in [0, 0.1) is 5.82 Å². The summed E-state index contributed by atoms with van der Waals surface area (Å²) in [7, 11) is 0. The van der Waals surface area contributed by atoms with Gasteiger partial charge in [-0.15, -0.1) is 0 Å². The number of aliphatic hydroxyl groups is 2. The van der Waals surface area contributed by atoms with E-state index in [0.717, 1.165) is 13.0 Å². The summed E-state index contributed by atoms with van der Waals surface area (Å²) >= 11 is 14.0. The summed E-state index contributed by atoms with van der Waals surface area (Å²) in [5.74, 6) is -0.585. The highest BCUT2D eigenvalue weighted by Gasteiger charge is 2.23. The quantitative estimate of drug-likeness (QED) is 0.381. The number of aromatic nitrogens is 4. The van der Waals surface area contributed by atoms with Gasteiger partial charge in [0.15, 0.2) is 12.1 Å². The van der Waals surface area contributed by atoms with Crippen molar-refractivity contribution in [1.82, 2.24) is 19.3 Å². The second-order valence-corrected chi connectivity index (χ2v) is 8.35. The van der Waals surface area contributed by atoms with Crippen LogP contribution in [0.5, 0.6) is 0 Å². The predicted molar refractivity (Wildman–Crippen MR) is 115 cm³/mol. The lowest BCUT2D eigenvalue weighted by molar-refractivity contribution is -0.0462. The van der Waals surface area contributed by atoms with Gasteiger partial charge in [0.05, 0.1) is 33.0 Å². The Bertz CT molecular complexity index is 1230. The first-order chi connectivity index (χ1) is 14.4. The number of benzene rings is 1. The van der Waals surface area contributed by atoms with Crippen molar-refractivity contribution in [2.75, 3.05) is 0 Å². The first kappa shape index (κ1) is 21.1. The monoisotopic (exact) mass is 466 g/mol. The molecule has 0 aliphatic heterocycles. The van der Waals surface area contributed by atoms with Gasteiger partial charge < -0.3 is 10.2 Å². The summed E-state index contributed by atoms with van der Waals surface area (Å²) < 4.78 is 18.4. The number of nitrogens with zero attached hydrogens (tertiary/aromatic N) is 4. The van der Waals surface area contributed by atoms with Crippen LogP contribution in [0.3, 0.4) is 0 Å². The Kier molecular flexibility index (Phi) is 6.04. The fourth-order valence-corrected chi connectivity index (χ4v) is 4.66. The second-order valence-electron chi connectivity index (χ2n) is 6.55. The van der Waals surface area contributed by atoms with E-state index in [-0.39, 0.29) is 21.4 Å². The second kappa shape index (κ2) is 8.56. The zero-order chi connectivity index (χ0) is 21.4. The molecule has 0 radical (unpaired) electrons. The van der Waals surface area contributed by atoms with E-state index in [1.165, 1.54) is 23.9 Å². The fourth-order valence-electron chi connectivity index (χ4n) is 3.15. The topological polar surface area (TPSA) is 76.1 Å². The number of rotatable bonds is 6. The van der Waals surface area contributed by atoms with E-state index in [4.69, 9.17) is 23.2 Å². The highest BCUT2D eigenvalue weighted by atomic mass is 35.5. The van der Waals surface area contributed by atoms with Gasteiger partial charge in [0.25, 0.3) is 0 Å². The number of pyridine rings is 1. The Morgan fingerprint density at radius 3 is 2.73 bits per heavy atom. The first-order valence-electron chi connectivity index (χ1n) is 9.12. The SMILES string of the molecule is CCCn1cc(-n2c(Cl)c(Sc3cccc(C(O)O)n3)c3ccc(Cl)c(F)c32)cn1. The molecule has 0 saturated heterocycles. The Hall–Kier alpha value is -2.10. The van der Waals surface area contributed by atoms with Crippen LogP contribution in [0.15, 0.2) is 52.6 Å². The molecule has 0 amide bonds. The van der Waals surface area contributed by atoms with E-state index in [2.05, 4.69) is 10.1 Å². The fraction of sp³-hybridized carbons (Fsp3) is 0.200. The minimum atomic E-state index is -1.69. The predicted octanol–water partition coefficient (Wildman–Crippen LogP) is 5.21. The lowest BCUT2D eigenvalue weighted by Crippen LogP contribution is -1.98. The van der Waals surface area contributed by atoms with Crippen molar-refractivity contribution in [2.45, 2.75) is 36.1 Å². The third-order valence-corrected chi connectivity index (χ3v) is 6.28. The third-order valence-electron chi connectivity index (χ3n) is 4.47. The molecule has 0 spiro atoms. The highest BCUT2D eigenvalue weighted by Crippen LogP contribution is 2.44. The van der Waals surface area contributed by atoms with Gasteiger partial charge in [-0.25, -0.2) is 9.37 Å². The van der Waals surface area contributed by atoms with E-state index in [9.17, 15) is 10.2 Å². The van der Waals surface area contributed by atoms with Crippen LogP contribution >= 0.6 is 35.0 Å². The van der Waals surface area contributed by atoms with E-state index in [1.807, 2.05) is 6.92 Å². The van der Waals surface area contributed by atoms with Crippen LogP contribution in [0.25, 0.3) is 16.6 Å². The van der Waals surface area contributed by atoms with E-state index >= 15 is 4.39 Å². The smallest absolute Gasteiger partial charge is 0.196 e. The summed E-state index contributed by atoms with van der Waals surface area (Å²) in [6.07, 6.45) is 2.63. The van der Waals surface area contributed by atoms with Crippen LogP contribution in [0.4, 0.5) is 4.39 Å². The van der Waals surface area contributed by atoms with Crippen LogP contribution in [0.2, 0.25) is 10.2 Å². The number of fused-ring (bicyclic) bond motifs is 1. The molecule has 0 bridgehead atoms. The summed E-state index contributed by atoms with van der Waals surface area (Å²) in [6, 6.07) is 8.05. The molecule has 4 rings (SSSR count). The van der Waals surface area contributed by atoms with Crippen molar-refractivity contribution in [3.63, 3.8) is 0 Å². The summed E-state index contributed by atoms with van der Waals surface area (Å²) in [5.41, 5.74) is 0.957. The van der Waals surface area contributed by atoms with Gasteiger partial charge >= 0.3 is 0 Å². The average molecular weight is 467 g/mol. The lowest BCUT2D eigenvalue weighted by Gasteiger charge is -2.06. The van der Waals surface area contributed by atoms with E-state index in [0.29, 0.717) is 21.0 Å². The van der Waals surface area contributed by atoms with Crippen molar-refractivity contribution in [3.8, 4) is 5.69 Å². The van der Waals surface area contributed by atoms with Gasteiger partial charge in [-0.2, -0.15) is 5.10 Å². The molecule has 10 heteroatoms. The van der Waals surface area contributed by atoms with E-state index < -0.39 is 12.1 Å². The maximum atomic E-state index is 15.1. The van der Waals surface area contributed by atoms with Gasteiger partial charge in [0.1, 0.15) is 10.2 Å². The molecule has 156 valence electrons. The minimum Gasteiger partial charge on any atom is -0.363 e. The van der Waals surface area contributed by atoms with Crippen molar-refractivity contribution in [2.24, 2.45) is 0 Å². The molecule has 0 atom stereocenters. The summed E-state index contributed by atoms with van der Waals surface area (Å²) in [5, 5.41) is 24.4. The van der Waals surface area contributed by atoms with Crippen molar-refractivity contribution in [3.05, 3.63) is 64.4 Å². The van der Waals surface area contributed by atoms with Gasteiger partial charge in [0, 0.05) is 18.1 Å². The summed E-state index contributed by atoms with van der Waals surface area (Å²) in [6.45, 7) is 2.76. The zero-order valence-electron chi connectivity index (χ0n) is 15.8. The van der Waals surface area contributed by atoms with Gasteiger partial charge in [0.2, 0.25) is 0 Å². The Morgan fingerprint density at radius 2 is 2.00 bits per heavy atom. The zero-order valence-corrected chi connectivity index (χ0v) is 18.1. The molecule has 4 aromatic rings. The van der Waals surface area contributed by atoms with Crippen LogP contribution < -0.4 is 0 Å². The molecule has 3 aromatic heterocycles. The van der Waals surface area contributed by atoms with Gasteiger partial charge in [-0.3, -0.25) is 9.25 Å². The first-order valence-corrected chi connectivity index (χ1v) is 10.7. The van der Waals surface area contributed by atoms with Crippen molar-refractivity contribution >= 4 is 45.9 Å². The van der Waals surface area contributed by atoms with Crippen molar-refractivity contribution in [1.29, 1.82) is 0 Å². The summed E-state index contributed by atoms with van der Waals surface area (Å²) in [4.78, 5) is 4.80. The molecular formula is C20H17Cl2FN4O2S. The van der Waals surface area contributed by atoms with E-state index in [1.54, 1.807) is 39.8 Å². The molecule has 0 unspecified atom stereocenters. The number of hydrogen-bond acceptors (Lipinski definition) is 5. The number of aliphatic hydroxyl groups excluding tert-OH is 1. The molecule has 6 nitrogen and oxygen atoms in total. The molecule has 2 N–H and O–H groups in total. The highest BCUT2D eigenvalue weighted by molar-refractivity contribution is 7.99. The Balaban J connectivity index is 1.89. The molecule has 0 aliphatic carbocycles. The molecule has 3 heterocycles. The molecule has 30 heavy (non-hydrogen) atoms. The Labute approximate surface area is 185 Å². The minimum absolute atomic E-state index is 0.0149. The van der Waals surface area contributed by atoms with Crippen LogP contribution in [-0.2, 0) is 6.54 Å². The Morgan fingerprint density at radius 1 is 1.20 bits per heavy atom. The van der Waals surface area contributed by atoms with Crippen LogP contribution in [-0.4, -0.2) is 29.5 Å². The largest absolute Gasteiger partial charge is 0.363 e. The number of halogens is 3. The lowest BCUT2D eigenvalue weighted by atomic mass is 10.2. The number of hydrogen-bond donors (Lipinski definition) is 2. The van der Waals surface area contributed by atoms with Gasteiger partial charge in [-0.05, 0) is 30.7 Å². The maximum absolute atomic E-state index is 15.1. The molecule has 0 aliphatic rings. The van der Waals surface area contributed by atoms with Gasteiger partial charge in [-0.1, -0.05) is 48.0 Å². The normalized spacial score (nSPS) is 11.7. The van der Waals surface area contributed by atoms with Crippen molar-refractivity contribution < 1.29 is 14.6 Å². The standard InChI is InChI=1S/C20H17Cl2FN4O2S/c1-2-8-26-10-11(9-24-26)27-17-12(6-7-13(21)16(17)23)18(19(27)22)30-15-5-3-4-14(25-15)20(28)29/h3-7,9-10,20,28-29H,2,8H2,1H3. The average Bonchev–Trinajstić information content (AvgIpc) is 3.28. The molecule has 0 saturated carbocycles. The number of aryl methyl sites for hydroxylation is 1. The maximum Gasteiger partial charge on any atom is 0.196 e. The molecular weight excluding hydrogens is 450 g/mol.